The van der Waals surface area contributed by atoms with Crippen LogP contribution in [0.2, 0.25) is 0 Å². The molecule has 0 spiro atoms. The molecule has 1 atom stereocenters. The van der Waals surface area contributed by atoms with Crippen molar-refractivity contribution in [2.24, 2.45) is 0 Å². The van der Waals surface area contributed by atoms with E-state index in [0.717, 1.165) is 25.9 Å². The molecule has 4 nitrogen and oxygen atoms in total. The molecule has 1 N–H and O–H groups in total. The number of hydrogen-bond donors (Lipinski definition) is 1. The third kappa shape index (κ3) is 6.59. The molecule has 3 rings (SSSR count). The van der Waals surface area contributed by atoms with E-state index in [4.69, 9.17) is 4.74 Å². The third-order valence-electron chi connectivity index (χ3n) is 6.34. The lowest BCUT2D eigenvalue weighted by Gasteiger charge is -2.35. The predicted octanol–water partition coefficient (Wildman–Crippen LogP) is 6.12. The van der Waals surface area contributed by atoms with Crippen LogP contribution >= 0.6 is 0 Å². The van der Waals surface area contributed by atoms with Crippen molar-refractivity contribution in [1.82, 2.24) is 10.2 Å². The lowest BCUT2D eigenvalue weighted by molar-refractivity contribution is 0.0920. The van der Waals surface area contributed by atoms with E-state index in [1.54, 1.807) is 0 Å². The first-order valence-electron chi connectivity index (χ1n) is 12.2. The number of nitrogens with zero attached hydrogens (tertiary/aromatic N) is 1. The minimum atomic E-state index is -0.0644. The Morgan fingerprint density at radius 2 is 1.72 bits per heavy atom. The number of para-hydroxylation sites is 1. The number of benzene rings is 2. The van der Waals surface area contributed by atoms with Gasteiger partial charge in [-0.05, 0) is 61.0 Å². The second kappa shape index (κ2) is 11.5. The van der Waals surface area contributed by atoms with Crippen LogP contribution in [0.25, 0.3) is 0 Å². The van der Waals surface area contributed by atoms with E-state index in [1.807, 2.05) is 24.3 Å². The first-order chi connectivity index (χ1) is 15.4. The highest BCUT2D eigenvalue weighted by molar-refractivity contribution is 5.96. The smallest absolute Gasteiger partial charge is 0.255 e. The summed E-state index contributed by atoms with van der Waals surface area (Å²) in [6.45, 7) is 12.3. The molecule has 0 unspecified atom stereocenters. The van der Waals surface area contributed by atoms with Crippen LogP contribution in [-0.2, 0) is 5.41 Å². The van der Waals surface area contributed by atoms with Crippen LogP contribution in [0.5, 0.6) is 5.75 Å². The Morgan fingerprint density at radius 1 is 1.03 bits per heavy atom. The fourth-order valence-corrected chi connectivity index (χ4v) is 4.28. The van der Waals surface area contributed by atoms with E-state index < -0.39 is 0 Å². The molecule has 1 aliphatic rings. The van der Waals surface area contributed by atoms with Gasteiger partial charge in [-0.15, -0.1) is 0 Å². The summed E-state index contributed by atoms with van der Waals surface area (Å²) in [5, 5.41) is 3.21. The second-order valence-electron chi connectivity index (χ2n) is 9.89. The molecular weight excluding hydrogens is 396 g/mol. The standard InChI is InChI=1S/C28H40N2O2/c1-5-6-20-32-26-13-9-8-12-24(26)27(31)29-21-25(30-18-10-7-11-19-30)22-14-16-23(17-15-22)28(2,3)4/h8-9,12-17,25H,5-7,10-11,18-21H2,1-4H3,(H,29,31)/t25-/m1/s1. The van der Waals surface area contributed by atoms with Crippen molar-refractivity contribution in [1.29, 1.82) is 0 Å². The number of amides is 1. The summed E-state index contributed by atoms with van der Waals surface area (Å²) in [4.78, 5) is 15.6. The summed E-state index contributed by atoms with van der Waals surface area (Å²) >= 11 is 0. The lowest BCUT2D eigenvalue weighted by atomic mass is 9.86. The number of unbranched alkanes of at least 4 members (excludes halogenated alkanes) is 1. The Kier molecular flexibility index (Phi) is 8.75. The zero-order valence-corrected chi connectivity index (χ0v) is 20.3. The van der Waals surface area contributed by atoms with Gasteiger partial charge in [0.1, 0.15) is 5.75 Å². The van der Waals surface area contributed by atoms with Crippen LogP contribution in [0, 0.1) is 0 Å². The fraction of sp³-hybridized carbons (Fsp3) is 0.536. The molecule has 2 aromatic carbocycles. The minimum absolute atomic E-state index is 0.0644. The van der Waals surface area contributed by atoms with Crippen molar-refractivity contribution in [3.63, 3.8) is 0 Å². The number of ether oxygens (including phenoxy) is 1. The Balaban J connectivity index is 1.74. The second-order valence-corrected chi connectivity index (χ2v) is 9.89. The van der Waals surface area contributed by atoms with Gasteiger partial charge in [0, 0.05) is 6.54 Å². The maximum Gasteiger partial charge on any atom is 0.255 e. The van der Waals surface area contributed by atoms with Crippen LogP contribution < -0.4 is 10.1 Å². The van der Waals surface area contributed by atoms with Crippen molar-refractivity contribution in [3.05, 3.63) is 65.2 Å². The molecule has 1 amide bonds. The zero-order chi connectivity index (χ0) is 23.0. The maximum absolute atomic E-state index is 13.1. The molecule has 0 bridgehead atoms. The SMILES string of the molecule is CCCCOc1ccccc1C(=O)NC[C@H](c1ccc(C(C)(C)C)cc1)N1CCCCC1. The van der Waals surface area contributed by atoms with E-state index in [-0.39, 0.29) is 17.4 Å². The highest BCUT2D eigenvalue weighted by Gasteiger charge is 2.24. The highest BCUT2D eigenvalue weighted by atomic mass is 16.5. The van der Waals surface area contributed by atoms with Gasteiger partial charge in [-0.25, -0.2) is 0 Å². The molecule has 0 aliphatic carbocycles. The molecule has 1 fully saturated rings. The van der Waals surface area contributed by atoms with Crippen molar-refractivity contribution >= 4 is 5.91 Å². The topological polar surface area (TPSA) is 41.6 Å². The van der Waals surface area contributed by atoms with Crippen LogP contribution in [0.3, 0.4) is 0 Å². The number of carbonyl (C=O) groups excluding carboxylic acids is 1. The molecule has 0 radical (unpaired) electrons. The average Bonchev–Trinajstić information content (AvgIpc) is 2.80. The van der Waals surface area contributed by atoms with Crippen molar-refractivity contribution < 1.29 is 9.53 Å². The summed E-state index contributed by atoms with van der Waals surface area (Å²) in [7, 11) is 0. The first-order valence-corrected chi connectivity index (χ1v) is 12.2. The maximum atomic E-state index is 13.1. The van der Waals surface area contributed by atoms with Crippen LogP contribution in [0.1, 0.15) is 87.3 Å². The lowest BCUT2D eigenvalue weighted by Crippen LogP contribution is -2.40. The van der Waals surface area contributed by atoms with E-state index in [0.29, 0.717) is 24.5 Å². The fourth-order valence-electron chi connectivity index (χ4n) is 4.28. The summed E-state index contributed by atoms with van der Waals surface area (Å²) < 4.78 is 5.88. The summed E-state index contributed by atoms with van der Waals surface area (Å²) in [5.41, 5.74) is 3.35. The molecular formula is C28H40N2O2. The highest BCUT2D eigenvalue weighted by Crippen LogP contribution is 2.28. The predicted molar refractivity (Wildman–Crippen MR) is 132 cm³/mol. The molecule has 2 aromatic rings. The number of piperidine rings is 1. The molecule has 0 aromatic heterocycles. The Morgan fingerprint density at radius 3 is 2.38 bits per heavy atom. The molecule has 1 heterocycles. The molecule has 4 heteroatoms. The van der Waals surface area contributed by atoms with E-state index in [9.17, 15) is 4.79 Å². The zero-order valence-electron chi connectivity index (χ0n) is 20.3. The summed E-state index contributed by atoms with van der Waals surface area (Å²) in [5.74, 6) is 0.605. The van der Waals surface area contributed by atoms with E-state index in [2.05, 4.69) is 62.2 Å². The normalized spacial score (nSPS) is 15.9. The Hall–Kier alpha value is -2.33. The molecule has 174 valence electrons. The number of carbonyl (C=O) groups is 1. The van der Waals surface area contributed by atoms with Gasteiger partial charge in [-0.2, -0.15) is 0 Å². The largest absolute Gasteiger partial charge is 0.493 e. The van der Waals surface area contributed by atoms with E-state index in [1.165, 1.54) is 30.4 Å². The molecule has 32 heavy (non-hydrogen) atoms. The summed E-state index contributed by atoms with van der Waals surface area (Å²) in [6, 6.07) is 16.7. The Labute approximate surface area is 194 Å². The van der Waals surface area contributed by atoms with Crippen LogP contribution in [-0.4, -0.2) is 37.0 Å². The first kappa shape index (κ1) is 24.3. The number of likely N-dealkylation sites (tertiary alicyclic amines) is 1. The number of hydrogen-bond acceptors (Lipinski definition) is 3. The van der Waals surface area contributed by atoms with Crippen molar-refractivity contribution in [2.75, 3.05) is 26.2 Å². The van der Waals surface area contributed by atoms with Gasteiger partial charge in [0.25, 0.3) is 5.91 Å². The number of nitrogens with one attached hydrogen (secondary N) is 1. The Bertz CT molecular complexity index is 848. The van der Waals surface area contributed by atoms with Gasteiger partial charge in [0.05, 0.1) is 18.2 Å². The summed E-state index contributed by atoms with van der Waals surface area (Å²) in [6.07, 6.45) is 5.79. The minimum Gasteiger partial charge on any atom is -0.493 e. The van der Waals surface area contributed by atoms with Gasteiger partial charge in [-0.3, -0.25) is 9.69 Å². The third-order valence-corrected chi connectivity index (χ3v) is 6.34. The monoisotopic (exact) mass is 436 g/mol. The average molecular weight is 437 g/mol. The van der Waals surface area contributed by atoms with Gasteiger partial charge < -0.3 is 10.1 Å². The van der Waals surface area contributed by atoms with Crippen LogP contribution in [0.15, 0.2) is 48.5 Å². The van der Waals surface area contributed by atoms with Crippen molar-refractivity contribution in [2.45, 2.75) is 71.3 Å². The molecule has 1 aliphatic heterocycles. The van der Waals surface area contributed by atoms with Gasteiger partial charge >= 0.3 is 0 Å². The quantitative estimate of drug-likeness (QED) is 0.482. The van der Waals surface area contributed by atoms with E-state index >= 15 is 0 Å². The number of rotatable bonds is 9. The van der Waals surface area contributed by atoms with Gasteiger partial charge in [0.15, 0.2) is 0 Å². The molecule has 1 saturated heterocycles. The van der Waals surface area contributed by atoms with Gasteiger partial charge in [-0.1, -0.05) is 76.9 Å². The molecule has 0 saturated carbocycles. The van der Waals surface area contributed by atoms with Crippen LogP contribution in [0.4, 0.5) is 0 Å². The van der Waals surface area contributed by atoms with Gasteiger partial charge in [0.2, 0.25) is 0 Å². The van der Waals surface area contributed by atoms with Crippen molar-refractivity contribution in [3.8, 4) is 5.75 Å².